The van der Waals surface area contributed by atoms with E-state index < -0.39 is 41.7 Å². The van der Waals surface area contributed by atoms with E-state index in [1.54, 1.807) is 37.3 Å². The number of carbonyl (C=O) groups is 3. The molecule has 1 fully saturated rings. The van der Waals surface area contributed by atoms with Crippen LogP contribution < -0.4 is 9.64 Å². The molecule has 4 rings (SSSR count). The number of aromatic nitrogens is 3. The molecule has 1 aromatic carbocycles. The van der Waals surface area contributed by atoms with Gasteiger partial charge in [-0.2, -0.15) is 5.10 Å². The summed E-state index contributed by atoms with van der Waals surface area (Å²) in [6.45, 7) is 5.67. The third-order valence-corrected chi connectivity index (χ3v) is 5.80. The number of ketones is 2. The van der Waals surface area contributed by atoms with Gasteiger partial charge in [-0.3, -0.25) is 19.3 Å². The fraction of sp³-hybridized carbons (Fsp3) is 0.280. The van der Waals surface area contributed by atoms with E-state index in [-0.39, 0.29) is 22.9 Å². The number of hydrogen-bond donors (Lipinski definition) is 0. The van der Waals surface area contributed by atoms with Crippen LogP contribution in [0.4, 0.5) is 19.0 Å². The van der Waals surface area contributed by atoms with Crippen molar-refractivity contribution in [1.82, 2.24) is 15.2 Å². The number of nitrogens with zero attached hydrogens (tertiary/aromatic N) is 4. The number of pyridine rings is 1. The van der Waals surface area contributed by atoms with E-state index in [2.05, 4.69) is 19.9 Å². The SMILES string of the molecule is Cc1ccc(N2C(=O)C(=O)C(C(=O)c3ccc(C(C)C)cc3)C2c2ccc(OC(F)(F)F)nc2)nn1. The van der Waals surface area contributed by atoms with Crippen LogP contribution in [0.3, 0.4) is 0 Å². The first-order valence-electron chi connectivity index (χ1n) is 11.0. The lowest BCUT2D eigenvalue weighted by atomic mass is 9.86. The van der Waals surface area contributed by atoms with Crippen molar-refractivity contribution in [2.24, 2.45) is 5.92 Å². The first-order valence-corrected chi connectivity index (χ1v) is 11.0. The van der Waals surface area contributed by atoms with Gasteiger partial charge < -0.3 is 4.74 Å². The summed E-state index contributed by atoms with van der Waals surface area (Å²) in [6, 6.07) is 10.7. The second-order valence-corrected chi connectivity index (χ2v) is 8.61. The van der Waals surface area contributed by atoms with Gasteiger partial charge in [-0.25, -0.2) is 4.98 Å². The summed E-state index contributed by atoms with van der Waals surface area (Å²) in [7, 11) is 0. The molecule has 1 aliphatic heterocycles. The highest BCUT2D eigenvalue weighted by molar-refractivity contribution is 6.48. The minimum Gasteiger partial charge on any atom is -0.388 e. The fourth-order valence-electron chi connectivity index (χ4n) is 4.00. The number of carbonyl (C=O) groups excluding carboxylic acids is 3. The Kier molecular flexibility index (Phi) is 6.57. The van der Waals surface area contributed by atoms with Crippen LogP contribution in [0.15, 0.2) is 54.7 Å². The monoisotopic (exact) mass is 498 g/mol. The summed E-state index contributed by atoms with van der Waals surface area (Å²) in [6.07, 6.45) is -3.91. The van der Waals surface area contributed by atoms with Gasteiger partial charge in [-0.15, -0.1) is 18.3 Å². The molecule has 0 aliphatic carbocycles. The van der Waals surface area contributed by atoms with E-state index >= 15 is 0 Å². The molecule has 186 valence electrons. The zero-order valence-corrected chi connectivity index (χ0v) is 19.5. The Balaban J connectivity index is 1.78. The molecule has 0 saturated carbocycles. The predicted octanol–water partition coefficient (Wildman–Crippen LogP) is 4.36. The van der Waals surface area contributed by atoms with E-state index in [1.165, 1.54) is 12.1 Å². The Labute approximate surface area is 204 Å². The summed E-state index contributed by atoms with van der Waals surface area (Å²) >= 11 is 0. The van der Waals surface area contributed by atoms with Crippen LogP contribution in [0.1, 0.15) is 53.0 Å². The highest BCUT2D eigenvalue weighted by atomic mass is 19.4. The second-order valence-electron chi connectivity index (χ2n) is 8.61. The molecule has 3 aromatic rings. The van der Waals surface area contributed by atoms with E-state index in [9.17, 15) is 27.6 Å². The summed E-state index contributed by atoms with van der Waals surface area (Å²) in [5, 5.41) is 7.90. The number of rotatable bonds is 6. The van der Waals surface area contributed by atoms with Crippen LogP contribution in [0.25, 0.3) is 0 Å². The number of ether oxygens (including phenoxy) is 1. The largest absolute Gasteiger partial charge is 0.574 e. The van der Waals surface area contributed by atoms with Crippen molar-refractivity contribution < 1.29 is 32.3 Å². The van der Waals surface area contributed by atoms with E-state index in [0.29, 0.717) is 5.69 Å². The van der Waals surface area contributed by atoms with Crippen molar-refractivity contribution in [2.45, 2.75) is 39.1 Å². The van der Waals surface area contributed by atoms with Gasteiger partial charge in [0.15, 0.2) is 11.6 Å². The van der Waals surface area contributed by atoms with Gasteiger partial charge in [0.2, 0.25) is 11.7 Å². The Morgan fingerprint density at radius 3 is 2.22 bits per heavy atom. The molecule has 36 heavy (non-hydrogen) atoms. The molecule has 1 saturated heterocycles. The van der Waals surface area contributed by atoms with Gasteiger partial charge in [0.1, 0.15) is 5.92 Å². The van der Waals surface area contributed by atoms with Crippen LogP contribution in [0, 0.1) is 12.8 Å². The minimum atomic E-state index is -4.95. The topological polar surface area (TPSA) is 102 Å². The number of hydrogen-bond acceptors (Lipinski definition) is 7. The van der Waals surface area contributed by atoms with Gasteiger partial charge >= 0.3 is 6.36 Å². The average molecular weight is 498 g/mol. The molecule has 0 radical (unpaired) electrons. The molecule has 1 aliphatic rings. The van der Waals surface area contributed by atoms with Crippen LogP contribution in [0.5, 0.6) is 5.88 Å². The Morgan fingerprint density at radius 1 is 1.00 bits per heavy atom. The number of benzene rings is 1. The maximum atomic E-state index is 13.5. The van der Waals surface area contributed by atoms with Crippen molar-refractivity contribution in [2.75, 3.05) is 4.90 Å². The van der Waals surface area contributed by atoms with Crippen LogP contribution >= 0.6 is 0 Å². The number of anilines is 1. The molecule has 8 nitrogen and oxygen atoms in total. The van der Waals surface area contributed by atoms with Gasteiger partial charge in [-0.1, -0.05) is 38.1 Å². The van der Waals surface area contributed by atoms with Crippen LogP contribution in [-0.2, 0) is 9.59 Å². The minimum absolute atomic E-state index is 0.0185. The lowest BCUT2D eigenvalue weighted by Gasteiger charge is -2.26. The van der Waals surface area contributed by atoms with Gasteiger partial charge in [0, 0.05) is 17.8 Å². The molecule has 2 atom stereocenters. The highest BCUT2D eigenvalue weighted by Crippen LogP contribution is 2.40. The van der Waals surface area contributed by atoms with Gasteiger partial charge in [0.05, 0.1) is 11.7 Å². The lowest BCUT2D eigenvalue weighted by molar-refractivity contribution is -0.276. The highest BCUT2D eigenvalue weighted by Gasteiger charge is 2.53. The summed E-state index contributed by atoms with van der Waals surface area (Å²) in [5.74, 6) is -4.51. The molecule has 1 amide bonds. The van der Waals surface area contributed by atoms with Crippen molar-refractivity contribution in [3.05, 3.63) is 77.1 Å². The van der Waals surface area contributed by atoms with E-state index in [0.717, 1.165) is 22.7 Å². The Bertz CT molecular complexity index is 1290. The predicted molar refractivity (Wildman–Crippen MR) is 121 cm³/mol. The molecule has 3 heterocycles. The first-order chi connectivity index (χ1) is 17.0. The molecule has 0 N–H and O–H groups in total. The van der Waals surface area contributed by atoms with E-state index in [4.69, 9.17) is 0 Å². The van der Waals surface area contributed by atoms with Gasteiger partial charge in [0.25, 0.3) is 5.91 Å². The third kappa shape index (κ3) is 4.95. The standard InChI is InChI=1S/C25H21F3N4O4/c1-13(2)15-5-7-16(8-6-15)22(33)20-21(17-9-11-19(29-12-17)36-25(26,27)28)32(24(35)23(20)34)18-10-4-14(3)30-31-18/h4-13,20-21H,1-3H3. The molecular formula is C25H21F3N4O4. The van der Waals surface area contributed by atoms with Crippen molar-refractivity contribution in [3.63, 3.8) is 0 Å². The number of aryl methyl sites for hydroxylation is 1. The summed E-state index contributed by atoms with van der Waals surface area (Å²) in [5.41, 5.74) is 1.92. The molecule has 0 spiro atoms. The molecular weight excluding hydrogens is 477 g/mol. The zero-order chi connectivity index (χ0) is 26.2. The number of amides is 1. The quantitative estimate of drug-likeness (QED) is 0.283. The molecule has 2 unspecified atom stereocenters. The molecule has 2 aromatic heterocycles. The number of alkyl halides is 3. The van der Waals surface area contributed by atoms with Crippen molar-refractivity contribution in [3.8, 4) is 5.88 Å². The number of Topliss-reactive ketones (excluding diaryl/α,β-unsaturated/α-hetero) is 2. The van der Waals surface area contributed by atoms with Crippen LogP contribution in [-0.4, -0.2) is 39.0 Å². The molecule has 0 bridgehead atoms. The lowest BCUT2D eigenvalue weighted by Crippen LogP contribution is -2.31. The maximum absolute atomic E-state index is 13.5. The van der Waals surface area contributed by atoms with Crippen LogP contribution in [0.2, 0.25) is 0 Å². The normalized spacial score (nSPS) is 18.1. The number of halogens is 3. The fourth-order valence-corrected chi connectivity index (χ4v) is 4.00. The maximum Gasteiger partial charge on any atom is 0.574 e. The smallest absolute Gasteiger partial charge is 0.388 e. The zero-order valence-electron chi connectivity index (χ0n) is 19.5. The molecule has 11 heteroatoms. The van der Waals surface area contributed by atoms with Gasteiger partial charge in [-0.05, 0) is 42.2 Å². The average Bonchev–Trinajstić information content (AvgIpc) is 3.09. The second kappa shape index (κ2) is 9.48. The summed E-state index contributed by atoms with van der Waals surface area (Å²) in [4.78, 5) is 44.4. The first kappa shape index (κ1) is 25.0. The van der Waals surface area contributed by atoms with E-state index in [1.807, 2.05) is 13.8 Å². The Hall–Kier alpha value is -4.15. The van der Waals surface area contributed by atoms with Crippen molar-refractivity contribution in [1.29, 1.82) is 0 Å². The Morgan fingerprint density at radius 2 is 1.69 bits per heavy atom. The third-order valence-electron chi connectivity index (χ3n) is 5.80. The summed E-state index contributed by atoms with van der Waals surface area (Å²) < 4.78 is 41.5. The van der Waals surface area contributed by atoms with Crippen molar-refractivity contribution >= 4 is 23.3 Å².